The van der Waals surface area contributed by atoms with E-state index in [1.807, 2.05) is 6.92 Å². The van der Waals surface area contributed by atoms with Crippen LogP contribution in [0.4, 0.5) is 0 Å². The maximum absolute atomic E-state index is 5.79. The first-order chi connectivity index (χ1) is 10.8. The van der Waals surface area contributed by atoms with E-state index < -0.39 is 0 Å². The van der Waals surface area contributed by atoms with E-state index in [-0.39, 0.29) is 6.10 Å². The normalized spacial score (nSPS) is 23.0. The minimum atomic E-state index is -0.0971. The Morgan fingerprint density at radius 1 is 1.32 bits per heavy atom. The van der Waals surface area contributed by atoms with Crippen molar-refractivity contribution in [1.82, 2.24) is 30.2 Å². The molecule has 1 aliphatic heterocycles. The molecule has 1 N–H and O–H groups in total. The maximum Gasteiger partial charge on any atom is 0.229 e. The molecule has 1 saturated carbocycles. The standard InChI is InChI=1S/C14H20N6O2/c1-2-11-15-13(18-17-11)10-7-20(5-6-21-10)8-12-16-14(22-19-12)9-3-4-9/h9-10H,2-8H2,1H3,(H,15,17,18). The first-order valence-electron chi connectivity index (χ1n) is 7.89. The molecular formula is C14H20N6O2. The Bertz CT molecular complexity index is 635. The molecule has 2 aliphatic rings. The number of aryl methyl sites for hydroxylation is 1. The second-order valence-electron chi connectivity index (χ2n) is 5.91. The summed E-state index contributed by atoms with van der Waals surface area (Å²) in [5.41, 5.74) is 0. The highest BCUT2D eigenvalue weighted by atomic mass is 16.5. The van der Waals surface area contributed by atoms with Gasteiger partial charge in [0.15, 0.2) is 11.6 Å². The number of morpholine rings is 1. The van der Waals surface area contributed by atoms with E-state index in [0.717, 1.165) is 42.9 Å². The van der Waals surface area contributed by atoms with Crippen molar-refractivity contribution in [2.24, 2.45) is 0 Å². The second-order valence-corrected chi connectivity index (χ2v) is 5.91. The Balaban J connectivity index is 1.39. The van der Waals surface area contributed by atoms with Crippen LogP contribution in [0.15, 0.2) is 4.52 Å². The molecule has 4 rings (SSSR count). The number of nitrogens with zero attached hydrogens (tertiary/aromatic N) is 5. The summed E-state index contributed by atoms with van der Waals surface area (Å²) in [5.74, 6) is 3.67. The van der Waals surface area contributed by atoms with Gasteiger partial charge in [-0.2, -0.15) is 10.1 Å². The summed E-state index contributed by atoms with van der Waals surface area (Å²) in [6.45, 7) is 4.99. The van der Waals surface area contributed by atoms with E-state index >= 15 is 0 Å². The molecule has 0 radical (unpaired) electrons. The summed E-state index contributed by atoms with van der Waals surface area (Å²) in [4.78, 5) is 11.2. The molecule has 1 unspecified atom stereocenters. The Morgan fingerprint density at radius 2 is 2.23 bits per heavy atom. The van der Waals surface area contributed by atoms with Crippen LogP contribution in [0.3, 0.4) is 0 Å². The number of hydrogen-bond acceptors (Lipinski definition) is 7. The fraction of sp³-hybridized carbons (Fsp3) is 0.714. The van der Waals surface area contributed by atoms with Crippen LogP contribution in [0.2, 0.25) is 0 Å². The van der Waals surface area contributed by atoms with Gasteiger partial charge in [-0.3, -0.25) is 10.00 Å². The molecule has 1 aliphatic carbocycles. The zero-order chi connectivity index (χ0) is 14.9. The molecule has 0 aromatic carbocycles. The zero-order valence-corrected chi connectivity index (χ0v) is 12.7. The lowest BCUT2D eigenvalue weighted by atomic mass is 10.2. The molecule has 2 fully saturated rings. The molecule has 3 heterocycles. The van der Waals surface area contributed by atoms with Crippen molar-refractivity contribution in [2.45, 2.75) is 44.8 Å². The van der Waals surface area contributed by atoms with Crippen LogP contribution in [-0.2, 0) is 17.7 Å². The largest absolute Gasteiger partial charge is 0.367 e. The van der Waals surface area contributed by atoms with Gasteiger partial charge >= 0.3 is 0 Å². The summed E-state index contributed by atoms with van der Waals surface area (Å²) < 4.78 is 11.1. The molecule has 2 aromatic rings. The zero-order valence-electron chi connectivity index (χ0n) is 12.7. The molecular weight excluding hydrogens is 284 g/mol. The van der Waals surface area contributed by atoms with Crippen LogP contribution >= 0.6 is 0 Å². The number of aromatic nitrogens is 5. The number of hydrogen-bond donors (Lipinski definition) is 1. The number of H-pyrrole nitrogens is 1. The smallest absolute Gasteiger partial charge is 0.229 e. The van der Waals surface area contributed by atoms with Crippen LogP contribution in [0.1, 0.15) is 55.2 Å². The topological polar surface area (TPSA) is 93.0 Å². The third kappa shape index (κ3) is 2.89. The SMILES string of the molecule is CCc1nc(C2CN(Cc3noc(C4CC4)n3)CCO2)n[nH]1. The number of nitrogens with one attached hydrogen (secondary N) is 1. The second kappa shape index (κ2) is 5.77. The van der Waals surface area contributed by atoms with E-state index in [0.29, 0.717) is 19.1 Å². The van der Waals surface area contributed by atoms with Gasteiger partial charge in [-0.25, -0.2) is 4.98 Å². The molecule has 1 atom stereocenters. The van der Waals surface area contributed by atoms with E-state index in [1.165, 1.54) is 12.8 Å². The third-order valence-electron chi connectivity index (χ3n) is 4.10. The number of ether oxygens (including phenoxy) is 1. The molecule has 0 amide bonds. The highest BCUT2D eigenvalue weighted by Crippen LogP contribution is 2.38. The van der Waals surface area contributed by atoms with Crippen LogP contribution < -0.4 is 0 Å². The van der Waals surface area contributed by atoms with Gasteiger partial charge in [-0.05, 0) is 12.8 Å². The summed E-state index contributed by atoms with van der Waals surface area (Å²) in [6.07, 6.45) is 3.09. The summed E-state index contributed by atoms with van der Waals surface area (Å²) in [6, 6.07) is 0. The third-order valence-corrected chi connectivity index (χ3v) is 4.10. The van der Waals surface area contributed by atoms with Crippen molar-refractivity contribution < 1.29 is 9.26 Å². The summed E-state index contributed by atoms with van der Waals surface area (Å²) in [7, 11) is 0. The maximum atomic E-state index is 5.79. The van der Waals surface area contributed by atoms with Gasteiger partial charge in [-0.15, -0.1) is 0 Å². The van der Waals surface area contributed by atoms with E-state index in [1.54, 1.807) is 0 Å². The highest BCUT2D eigenvalue weighted by Gasteiger charge is 2.30. The monoisotopic (exact) mass is 304 g/mol. The highest BCUT2D eigenvalue weighted by molar-refractivity contribution is 5.02. The van der Waals surface area contributed by atoms with Crippen molar-refractivity contribution in [3.63, 3.8) is 0 Å². The van der Waals surface area contributed by atoms with E-state index in [4.69, 9.17) is 9.26 Å². The average Bonchev–Trinajstić information content (AvgIpc) is 3.10. The van der Waals surface area contributed by atoms with E-state index in [9.17, 15) is 0 Å². The average molecular weight is 304 g/mol. The summed E-state index contributed by atoms with van der Waals surface area (Å²) in [5, 5.41) is 11.3. The van der Waals surface area contributed by atoms with Gasteiger partial charge in [-0.1, -0.05) is 12.1 Å². The van der Waals surface area contributed by atoms with Gasteiger partial charge in [0.2, 0.25) is 5.89 Å². The lowest BCUT2D eigenvalue weighted by Crippen LogP contribution is -2.38. The van der Waals surface area contributed by atoms with Crippen LogP contribution in [0.25, 0.3) is 0 Å². The van der Waals surface area contributed by atoms with E-state index in [2.05, 4.69) is 30.2 Å². The lowest BCUT2D eigenvalue weighted by Gasteiger charge is -2.30. The Hall–Kier alpha value is -1.80. The van der Waals surface area contributed by atoms with Crippen molar-refractivity contribution >= 4 is 0 Å². The Kier molecular flexibility index (Phi) is 3.63. The fourth-order valence-corrected chi connectivity index (χ4v) is 2.64. The first kappa shape index (κ1) is 13.8. The molecule has 1 saturated heterocycles. The number of rotatable bonds is 5. The first-order valence-corrected chi connectivity index (χ1v) is 7.89. The van der Waals surface area contributed by atoms with Gasteiger partial charge < -0.3 is 9.26 Å². The van der Waals surface area contributed by atoms with Gasteiger partial charge in [0.25, 0.3) is 0 Å². The van der Waals surface area contributed by atoms with Gasteiger partial charge in [0.05, 0.1) is 13.2 Å². The fourth-order valence-electron chi connectivity index (χ4n) is 2.64. The molecule has 0 bridgehead atoms. The van der Waals surface area contributed by atoms with Crippen molar-refractivity contribution in [1.29, 1.82) is 0 Å². The molecule has 2 aromatic heterocycles. The Labute approximate surface area is 128 Å². The van der Waals surface area contributed by atoms with Crippen molar-refractivity contribution in [3.8, 4) is 0 Å². The van der Waals surface area contributed by atoms with Crippen LogP contribution in [-0.4, -0.2) is 49.9 Å². The molecule has 0 spiro atoms. The van der Waals surface area contributed by atoms with Crippen molar-refractivity contribution in [3.05, 3.63) is 23.4 Å². The lowest BCUT2D eigenvalue weighted by molar-refractivity contribution is -0.0379. The van der Waals surface area contributed by atoms with Gasteiger partial charge in [0, 0.05) is 25.4 Å². The quantitative estimate of drug-likeness (QED) is 0.887. The van der Waals surface area contributed by atoms with Crippen molar-refractivity contribution in [2.75, 3.05) is 19.7 Å². The number of aromatic amines is 1. The molecule has 118 valence electrons. The minimum Gasteiger partial charge on any atom is -0.367 e. The predicted molar refractivity (Wildman–Crippen MR) is 76.0 cm³/mol. The summed E-state index contributed by atoms with van der Waals surface area (Å²) >= 11 is 0. The van der Waals surface area contributed by atoms with Crippen LogP contribution in [0, 0.1) is 0 Å². The van der Waals surface area contributed by atoms with Gasteiger partial charge in [0.1, 0.15) is 11.9 Å². The predicted octanol–water partition coefficient (Wildman–Crippen LogP) is 1.20. The molecule has 8 heteroatoms. The van der Waals surface area contributed by atoms with Crippen LogP contribution in [0.5, 0.6) is 0 Å². The molecule has 22 heavy (non-hydrogen) atoms. The molecule has 8 nitrogen and oxygen atoms in total. The minimum absolute atomic E-state index is 0.0971. The Morgan fingerprint density at radius 3 is 3.00 bits per heavy atom.